The second kappa shape index (κ2) is 10.8. The molecule has 0 spiro atoms. The van der Waals surface area contributed by atoms with Gasteiger partial charge in [-0.3, -0.25) is 14.6 Å². The maximum atomic E-state index is 12.4. The Balaban J connectivity index is 1.29. The average molecular weight is 384 g/mol. The molecule has 154 valence electrons. The van der Waals surface area contributed by atoms with Crippen LogP contribution in [0, 0.1) is 5.92 Å². The van der Waals surface area contributed by atoms with Gasteiger partial charge in [0, 0.05) is 38.6 Å². The summed E-state index contributed by atoms with van der Waals surface area (Å²) in [5, 5.41) is 3.28. The molecule has 2 saturated heterocycles. The van der Waals surface area contributed by atoms with E-state index in [0.29, 0.717) is 18.4 Å². The van der Waals surface area contributed by atoms with Gasteiger partial charge in [-0.15, -0.1) is 0 Å². The number of allylic oxidation sites excluding steroid dienone is 1. The maximum absolute atomic E-state index is 12.4. The van der Waals surface area contributed by atoms with Crippen LogP contribution in [0.2, 0.25) is 0 Å². The molecule has 0 aromatic heterocycles. The molecule has 1 unspecified atom stereocenters. The molecule has 1 amide bonds. The summed E-state index contributed by atoms with van der Waals surface area (Å²) in [5.41, 5.74) is 2.75. The number of likely N-dealkylation sites (tertiary alicyclic amines) is 2. The highest BCUT2D eigenvalue weighted by Crippen LogP contribution is 2.22. The number of carbonyl (C=O) groups is 1. The number of rotatable bonds is 8. The van der Waals surface area contributed by atoms with Crippen LogP contribution in [-0.2, 0) is 11.3 Å². The van der Waals surface area contributed by atoms with Crippen LogP contribution in [0.1, 0.15) is 51.5 Å². The van der Waals surface area contributed by atoms with Gasteiger partial charge in [0.15, 0.2) is 0 Å². The first-order valence-corrected chi connectivity index (χ1v) is 11.0. The number of carbonyl (C=O) groups excluding carboxylic acids is 1. The van der Waals surface area contributed by atoms with Gasteiger partial charge in [0.25, 0.3) is 0 Å². The number of hydrogen-bond acceptors (Lipinski definition) is 3. The van der Waals surface area contributed by atoms with Crippen molar-refractivity contribution in [2.45, 2.75) is 58.5 Å². The second-order valence-electron chi connectivity index (χ2n) is 8.84. The third kappa shape index (κ3) is 7.06. The van der Waals surface area contributed by atoms with E-state index in [1.165, 1.54) is 37.1 Å². The van der Waals surface area contributed by atoms with E-state index in [4.69, 9.17) is 0 Å². The Morgan fingerprint density at radius 3 is 2.50 bits per heavy atom. The average Bonchev–Trinajstić information content (AvgIpc) is 3.13. The summed E-state index contributed by atoms with van der Waals surface area (Å²) in [5.74, 6) is 0.963. The Morgan fingerprint density at radius 1 is 1.07 bits per heavy atom. The van der Waals surface area contributed by atoms with Crippen LogP contribution < -0.4 is 5.32 Å². The van der Waals surface area contributed by atoms with Gasteiger partial charge >= 0.3 is 0 Å². The van der Waals surface area contributed by atoms with E-state index in [0.717, 1.165) is 39.0 Å². The van der Waals surface area contributed by atoms with Crippen molar-refractivity contribution in [3.05, 3.63) is 47.5 Å². The molecular weight excluding hydrogens is 346 g/mol. The van der Waals surface area contributed by atoms with Crippen molar-refractivity contribution in [3.63, 3.8) is 0 Å². The Kier molecular flexibility index (Phi) is 8.11. The van der Waals surface area contributed by atoms with Crippen molar-refractivity contribution in [3.8, 4) is 0 Å². The van der Waals surface area contributed by atoms with Gasteiger partial charge in [0.05, 0.1) is 0 Å². The Hall–Kier alpha value is -1.65. The summed E-state index contributed by atoms with van der Waals surface area (Å²) in [7, 11) is 0. The van der Waals surface area contributed by atoms with Crippen molar-refractivity contribution in [1.82, 2.24) is 15.1 Å². The number of hydrogen-bond donors (Lipinski definition) is 1. The monoisotopic (exact) mass is 383 g/mol. The van der Waals surface area contributed by atoms with E-state index >= 15 is 0 Å². The topological polar surface area (TPSA) is 35.6 Å². The number of amides is 1. The Morgan fingerprint density at radius 2 is 1.79 bits per heavy atom. The summed E-state index contributed by atoms with van der Waals surface area (Å²) < 4.78 is 0. The van der Waals surface area contributed by atoms with Gasteiger partial charge in [-0.1, -0.05) is 42.0 Å². The van der Waals surface area contributed by atoms with Crippen LogP contribution >= 0.6 is 0 Å². The SMILES string of the molecule is CC(C)=CCN1CCC(CCC(=O)NC2CCN(Cc3ccccc3)C2)CC1. The first kappa shape index (κ1) is 21.1. The molecule has 1 aromatic carbocycles. The van der Waals surface area contributed by atoms with Gasteiger partial charge in [-0.25, -0.2) is 0 Å². The molecule has 2 aliphatic heterocycles. The minimum Gasteiger partial charge on any atom is -0.352 e. The zero-order valence-corrected chi connectivity index (χ0v) is 17.7. The van der Waals surface area contributed by atoms with Crippen LogP contribution in [0.25, 0.3) is 0 Å². The van der Waals surface area contributed by atoms with E-state index in [1.54, 1.807) is 0 Å². The van der Waals surface area contributed by atoms with Crippen LogP contribution in [-0.4, -0.2) is 54.5 Å². The van der Waals surface area contributed by atoms with Gasteiger partial charge in [-0.2, -0.15) is 0 Å². The van der Waals surface area contributed by atoms with Crippen molar-refractivity contribution in [2.24, 2.45) is 5.92 Å². The molecule has 28 heavy (non-hydrogen) atoms. The van der Waals surface area contributed by atoms with E-state index in [2.05, 4.69) is 65.4 Å². The first-order valence-electron chi connectivity index (χ1n) is 11.0. The molecule has 0 radical (unpaired) electrons. The molecular formula is C24H37N3O. The summed E-state index contributed by atoms with van der Waals surface area (Å²) in [4.78, 5) is 17.4. The first-order chi connectivity index (χ1) is 13.6. The summed E-state index contributed by atoms with van der Waals surface area (Å²) in [6.07, 6.45) is 7.59. The van der Waals surface area contributed by atoms with Crippen LogP contribution in [0.3, 0.4) is 0 Å². The quantitative estimate of drug-likeness (QED) is 0.693. The summed E-state index contributed by atoms with van der Waals surface area (Å²) in [6.45, 7) is 10.8. The number of nitrogens with one attached hydrogen (secondary N) is 1. The molecule has 2 fully saturated rings. The molecule has 4 nitrogen and oxygen atoms in total. The third-order valence-corrected chi connectivity index (χ3v) is 6.13. The molecule has 1 atom stereocenters. The van der Waals surface area contributed by atoms with Gasteiger partial charge in [0.2, 0.25) is 5.91 Å². The largest absolute Gasteiger partial charge is 0.352 e. The highest BCUT2D eigenvalue weighted by molar-refractivity contribution is 5.76. The molecule has 2 heterocycles. The lowest BCUT2D eigenvalue weighted by Gasteiger charge is -2.31. The summed E-state index contributed by atoms with van der Waals surface area (Å²) in [6, 6.07) is 10.9. The lowest BCUT2D eigenvalue weighted by Crippen LogP contribution is -2.38. The minimum absolute atomic E-state index is 0.249. The van der Waals surface area contributed by atoms with E-state index in [-0.39, 0.29) is 5.91 Å². The predicted octanol–water partition coefficient (Wildman–Crippen LogP) is 3.84. The zero-order valence-electron chi connectivity index (χ0n) is 17.7. The molecule has 0 aliphatic carbocycles. The molecule has 4 heteroatoms. The Bertz CT molecular complexity index is 631. The minimum atomic E-state index is 0.249. The zero-order chi connectivity index (χ0) is 19.8. The lowest BCUT2D eigenvalue weighted by molar-refractivity contribution is -0.122. The second-order valence-corrected chi connectivity index (χ2v) is 8.84. The van der Waals surface area contributed by atoms with Crippen LogP contribution in [0.4, 0.5) is 0 Å². The molecule has 1 N–H and O–H groups in total. The predicted molar refractivity (Wildman–Crippen MR) is 116 cm³/mol. The highest BCUT2D eigenvalue weighted by Gasteiger charge is 2.24. The number of benzene rings is 1. The fraction of sp³-hybridized carbons (Fsp3) is 0.625. The summed E-state index contributed by atoms with van der Waals surface area (Å²) >= 11 is 0. The standard InChI is InChI=1S/C24H37N3O/c1-20(2)10-14-26-15-11-21(12-16-26)8-9-24(28)25-23-13-17-27(19-23)18-22-6-4-3-5-7-22/h3-7,10,21,23H,8-9,11-19H2,1-2H3,(H,25,28). The van der Waals surface area contributed by atoms with Gasteiger partial charge < -0.3 is 5.32 Å². The highest BCUT2D eigenvalue weighted by atomic mass is 16.1. The fourth-order valence-electron chi connectivity index (χ4n) is 4.34. The normalized spacial score (nSPS) is 21.6. The van der Waals surface area contributed by atoms with E-state index < -0.39 is 0 Å². The van der Waals surface area contributed by atoms with Gasteiger partial charge in [-0.05, 0) is 64.1 Å². The van der Waals surface area contributed by atoms with Crippen molar-refractivity contribution in [2.75, 3.05) is 32.7 Å². The van der Waals surface area contributed by atoms with E-state index in [9.17, 15) is 4.79 Å². The van der Waals surface area contributed by atoms with Crippen molar-refractivity contribution < 1.29 is 4.79 Å². The van der Waals surface area contributed by atoms with Crippen LogP contribution in [0.15, 0.2) is 42.0 Å². The Labute approximate surface area is 171 Å². The smallest absolute Gasteiger partial charge is 0.220 e. The van der Waals surface area contributed by atoms with Gasteiger partial charge in [0.1, 0.15) is 0 Å². The molecule has 2 aliphatic rings. The molecule has 3 rings (SSSR count). The fourth-order valence-corrected chi connectivity index (χ4v) is 4.34. The maximum Gasteiger partial charge on any atom is 0.220 e. The van der Waals surface area contributed by atoms with Crippen molar-refractivity contribution in [1.29, 1.82) is 0 Å². The molecule has 0 bridgehead atoms. The lowest BCUT2D eigenvalue weighted by atomic mass is 9.92. The number of piperidine rings is 1. The van der Waals surface area contributed by atoms with E-state index in [1.807, 2.05) is 0 Å². The third-order valence-electron chi connectivity index (χ3n) is 6.13. The van der Waals surface area contributed by atoms with Crippen molar-refractivity contribution >= 4 is 5.91 Å². The number of nitrogens with zero attached hydrogens (tertiary/aromatic N) is 2. The molecule has 1 aromatic rings. The molecule has 0 saturated carbocycles. The van der Waals surface area contributed by atoms with Crippen LogP contribution in [0.5, 0.6) is 0 Å².